The predicted molar refractivity (Wildman–Crippen MR) is 98.7 cm³/mol. The fraction of sp³-hybridized carbons (Fsp3) is 0.167. The van der Waals surface area contributed by atoms with Crippen LogP contribution in [0.1, 0.15) is 6.92 Å². The number of allylic oxidation sites excluding steroid dienone is 1. The molecule has 0 aliphatic carbocycles. The maximum Gasteiger partial charge on any atom is 0.278 e. The first-order valence-corrected chi connectivity index (χ1v) is 8.86. The van der Waals surface area contributed by atoms with Crippen LogP contribution in [0.4, 0.5) is 18.9 Å². The topological polar surface area (TPSA) is 41.1 Å². The second-order valence-corrected chi connectivity index (χ2v) is 7.47. The summed E-state index contributed by atoms with van der Waals surface area (Å²) in [5.74, 6) is -1.06. The van der Waals surface area contributed by atoms with E-state index in [1.54, 1.807) is 30.3 Å². The number of nitrogens with one attached hydrogen (secondary N) is 2. The number of amides is 1. The third kappa shape index (κ3) is 3.68. The molecule has 0 radical (unpaired) electrons. The number of anilines is 1. The van der Waals surface area contributed by atoms with Crippen LogP contribution in [0.3, 0.4) is 0 Å². The average Bonchev–Trinajstić information content (AvgIpc) is 3.02. The zero-order chi connectivity index (χ0) is 18.9. The fourth-order valence-electron chi connectivity index (χ4n) is 2.48. The van der Waals surface area contributed by atoms with Crippen molar-refractivity contribution >= 4 is 35.0 Å². The van der Waals surface area contributed by atoms with Gasteiger partial charge in [0.15, 0.2) is 4.87 Å². The number of rotatable bonds is 4. The van der Waals surface area contributed by atoms with Crippen molar-refractivity contribution in [3.8, 4) is 11.1 Å². The normalized spacial score (nSPS) is 19.2. The smallest absolute Gasteiger partial charge is 0.278 e. The Morgan fingerprint density at radius 3 is 2.65 bits per heavy atom. The molecule has 1 unspecified atom stereocenters. The minimum absolute atomic E-state index is 0.0000590. The molecular weight excluding hydrogens is 385 g/mol. The SMILES string of the molecule is CC1(C(=O)Nc2ccccc2-c2ccc(Cl)c(F)c2)NC(C(F)F)=CS1. The van der Waals surface area contributed by atoms with E-state index < -0.39 is 23.0 Å². The lowest BCUT2D eigenvalue weighted by Gasteiger charge is -2.25. The molecule has 2 aromatic carbocycles. The first kappa shape index (κ1) is 18.7. The van der Waals surface area contributed by atoms with E-state index in [4.69, 9.17) is 11.6 Å². The van der Waals surface area contributed by atoms with Gasteiger partial charge in [0, 0.05) is 11.3 Å². The number of alkyl halides is 2. The van der Waals surface area contributed by atoms with Gasteiger partial charge in [-0.15, -0.1) is 0 Å². The third-order valence-electron chi connectivity index (χ3n) is 3.88. The Labute approximate surface area is 157 Å². The summed E-state index contributed by atoms with van der Waals surface area (Å²) in [7, 11) is 0. The summed E-state index contributed by atoms with van der Waals surface area (Å²) in [6.07, 6.45) is -2.68. The number of hydrogen-bond acceptors (Lipinski definition) is 3. The van der Waals surface area contributed by atoms with Crippen LogP contribution in [-0.2, 0) is 4.79 Å². The van der Waals surface area contributed by atoms with Crippen molar-refractivity contribution in [3.05, 3.63) is 64.4 Å². The summed E-state index contributed by atoms with van der Waals surface area (Å²) in [6, 6.07) is 11.2. The van der Waals surface area contributed by atoms with Crippen molar-refractivity contribution in [1.29, 1.82) is 0 Å². The summed E-state index contributed by atoms with van der Waals surface area (Å²) < 4.78 is 39.4. The summed E-state index contributed by atoms with van der Waals surface area (Å²) in [5, 5.41) is 6.52. The van der Waals surface area contributed by atoms with Crippen LogP contribution in [0.2, 0.25) is 5.02 Å². The maximum atomic E-state index is 13.8. The van der Waals surface area contributed by atoms with Crippen LogP contribution in [0.5, 0.6) is 0 Å². The van der Waals surface area contributed by atoms with Gasteiger partial charge in [-0.05, 0) is 36.1 Å². The Hall–Kier alpha value is -2.12. The molecule has 1 aliphatic heterocycles. The fourth-order valence-corrected chi connectivity index (χ4v) is 3.46. The third-order valence-corrected chi connectivity index (χ3v) is 5.32. The van der Waals surface area contributed by atoms with Crippen LogP contribution in [0, 0.1) is 5.82 Å². The highest BCUT2D eigenvalue weighted by molar-refractivity contribution is 8.04. The Kier molecular flexibility index (Phi) is 5.20. The molecule has 0 bridgehead atoms. The molecule has 3 rings (SSSR count). The second kappa shape index (κ2) is 7.25. The summed E-state index contributed by atoms with van der Waals surface area (Å²) in [6.45, 7) is 1.52. The summed E-state index contributed by atoms with van der Waals surface area (Å²) in [4.78, 5) is 11.4. The number of carbonyl (C=O) groups is 1. The first-order valence-electron chi connectivity index (χ1n) is 7.60. The van der Waals surface area contributed by atoms with Crippen molar-refractivity contribution < 1.29 is 18.0 Å². The van der Waals surface area contributed by atoms with Crippen LogP contribution >= 0.6 is 23.4 Å². The summed E-state index contributed by atoms with van der Waals surface area (Å²) in [5.41, 5.74) is 1.27. The highest BCUT2D eigenvalue weighted by Crippen LogP contribution is 2.36. The van der Waals surface area contributed by atoms with Gasteiger partial charge in [0.2, 0.25) is 0 Å². The lowest BCUT2D eigenvalue weighted by Crippen LogP contribution is -2.47. The molecule has 136 valence electrons. The van der Waals surface area contributed by atoms with Crippen LogP contribution < -0.4 is 10.6 Å². The number of thioether (sulfide) groups is 1. The largest absolute Gasteiger partial charge is 0.361 e. The molecule has 1 atom stereocenters. The minimum atomic E-state index is -2.68. The van der Waals surface area contributed by atoms with E-state index in [1.165, 1.54) is 24.5 Å². The molecule has 0 aromatic heterocycles. The highest BCUT2D eigenvalue weighted by atomic mass is 35.5. The first-order chi connectivity index (χ1) is 12.3. The predicted octanol–water partition coefficient (Wildman–Crippen LogP) is 5.24. The molecule has 1 aliphatic rings. The standard InChI is InChI=1S/C18H14ClF3N2OS/c1-18(24-15(9-26-18)16(21)22)17(25)23-14-5-3-2-4-11(14)10-6-7-12(19)13(20)8-10/h2-9,16,24H,1H3,(H,23,25). The highest BCUT2D eigenvalue weighted by Gasteiger charge is 2.40. The van der Waals surface area contributed by atoms with Crippen LogP contribution in [0.25, 0.3) is 11.1 Å². The van der Waals surface area contributed by atoms with Crippen molar-refractivity contribution in [2.24, 2.45) is 0 Å². The van der Waals surface area contributed by atoms with Gasteiger partial charge in [-0.1, -0.05) is 47.6 Å². The van der Waals surface area contributed by atoms with E-state index >= 15 is 0 Å². The Bertz CT molecular complexity index is 890. The molecule has 0 fully saturated rings. The van der Waals surface area contributed by atoms with Gasteiger partial charge < -0.3 is 10.6 Å². The molecule has 1 amide bonds. The molecule has 26 heavy (non-hydrogen) atoms. The summed E-state index contributed by atoms with van der Waals surface area (Å²) >= 11 is 6.68. The molecule has 2 aromatic rings. The maximum absolute atomic E-state index is 13.8. The van der Waals surface area contributed by atoms with Gasteiger partial charge in [-0.3, -0.25) is 4.79 Å². The zero-order valence-electron chi connectivity index (χ0n) is 13.5. The van der Waals surface area contributed by atoms with Gasteiger partial charge >= 0.3 is 0 Å². The molecule has 8 heteroatoms. The van der Waals surface area contributed by atoms with Crippen LogP contribution in [0.15, 0.2) is 53.6 Å². The van der Waals surface area contributed by atoms with Gasteiger partial charge in [-0.25, -0.2) is 13.2 Å². The number of hydrogen-bond donors (Lipinski definition) is 2. The zero-order valence-corrected chi connectivity index (χ0v) is 15.1. The quantitative estimate of drug-likeness (QED) is 0.739. The van der Waals surface area contributed by atoms with E-state index in [1.807, 2.05) is 0 Å². The van der Waals surface area contributed by atoms with Crippen molar-refractivity contribution in [3.63, 3.8) is 0 Å². The van der Waals surface area contributed by atoms with Crippen molar-refractivity contribution in [1.82, 2.24) is 5.32 Å². The number of carbonyl (C=O) groups excluding carboxylic acids is 1. The monoisotopic (exact) mass is 398 g/mol. The van der Waals surface area contributed by atoms with Crippen LogP contribution in [-0.4, -0.2) is 17.2 Å². The van der Waals surface area contributed by atoms with Gasteiger partial charge in [0.05, 0.1) is 10.7 Å². The Balaban J connectivity index is 1.85. The molecule has 0 spiro atoms. The molecule has 0 saturated heterocycles. The number of para-hydroxylation sites is 1. The molecular formula is C18H14ClF3N2OS. The average molecular weight is 399 g/mol. The van der Waals surface area contributed by atoms with E-state index in [2.05, 4.69) is 10.6 Å². The van der Waals surface area contributed by atoms with Crippen molar-refractivity contribution in [2.75, 3.05) is 5.32 Å². The Morgan fingerprint density at radius 2 is 2.00 bits per heavy atom. The van der Waals surface area contributed by atoms with E-state index in [9.17, 15) is 18.0 Å². The van der Waals surface area contributed by atoms with Gasteiger partial charge in [0.1, 0.15) is 5.82 Å². The number of halogens is 4. The molecule has 2 N–H and O–H groups in total. The molecule has 0 saturated carbocycles. The second-order valence-electron chi connectivity index (χ2n) is 5.78. The van der Waals surface area contributed by atoms with E-state index in [0.29, 0.717) is 16.8 Å². The lowest BCUT2D eigenvalue weighted by atomic mass is 10.0. The van der Waals surface area contributed by atoms with Crippen molar-refractivity contribution in [2.45, 2.75) is 18.2 Å². The van der Waals surface area contributed by atoms with Gasteiger partial charge in [-0.2, -0.15) is 0 Å². The van der Waals surface area contributed by atoms with E-state index in [-0.39, 0.29) is 10.7 Å². The number of benzene rings is 2. The lowest BCUT2D eigenvalue weighted by molar-refractivity contribution is -0.118. The van der Waals surface area contributed by atoms with E-state index in [0.717, 1.165) is 11.8 Å². The minimum Gasteiger partial charge on any atom is -0.361 e. The molecule has 1 heterocycles. The Morgan fingerprint density at radius 1 is 1.27 bits per heavy atom. The van der Waals surface area contributed by atoms with Gasteiger partial charge in [0.25, 0.3) is 12.3 Å². The molecule has 3 nitrogen and oxygen atoms in total.